The van der Waals surface area contributed by atoms with Crippen LogP contribution < -0.4 is 10.5 Å². The number of fused-ring (bicyclic) bond motifs is 1. The molecule has 1 aliphatic carbocycles. The molecule has 0 spiro atoms. The van der Waals surface area contributed by atoms with Gasteiger partial charge in [0.25, 0.3) is 0 Å². The Hall–Kier alpha value is -3.41. The highest BCUT2D eigenvalue weighted by Gasteiger charge is 2.31. The van der Waals surface area contributed by atoms with Crippen molar-refractivity contribution in [2.45, 2.75) is 39.0 Å². The van der Waals surface area contributed by atoms with Gasteiger partial charge in [-0.2, -0.15) is 0 Å². The van der Waals surface area contributed by atoms with Crippen LogP contribution in [0.2, 0.25) is 0 Å². The summed E-state index contributed by atoms with van der Waals surface area (Å²) in [6, 6.07) is 13.7. The minimum atomic E-state index is -0.328. The fourth-order valence-corrected chi connectivity index (χ4v) is 4.78. The molecule has 0 saturated heterocycles. The van der Waals surface area contributed by atoms with E-state index < -0.39 is 0 Å². The lowest BCUT2D eigenvalue weighted by Crippen LogP contribution is -2.06. The number of anilines is 1. The molecule has 5 rings (SSSR count). The van der Waals surface area contributed by atoms with Gasteiger partial charge in [0.2, 0.25) is 0 Å². The Balaban J connectivity index is 1.49. The maximum absolute atomic E-state index is 13.4. The van der Waals surface area contributed by atoms with Crippen LogP contribution in [0, 0.1) is 17.7 Å². The minimum Gasteiger partial charge on any atom is -0.457 e. The van der Waals surface area contributed by atoms with Crippen molar-refractivity contribution in [3.63, 3.8) is 0 Å². The molecule has 2 heterocycles. The number of hydrogen-bond donors (Lipinski definition) is 1. The normalized spacial score (nSPS) is 18.5. The van der Waals surface area contributed by atoms with Crippen molar-refractivity contribution in [3.8, 4) is 22.8 Å². The van der Waals surface area contributed by atoms with E-state index in [0.29, 0.717) is 29.2 Å². The summed E-state index contributed by atoms with van der Waals surface area (Å²) in [6.45, 7) is 4.61. The Labute approximate surface area is 187 Å². The van der Waals surface area contributed by atoms with Crippen LogP contribution in [-0.2, 0) is 0 Å². The quantitative estimate of drug-likeness (QED) is 0.395. The SMILES string of the molecule is CC(C)C1CCC(c2nc(-c3ccc(Oc4cccc(F)c4)cc3)c3c(N)nccn23)C1. The number of nitrogens with zero attached hydrogens (tertiary/aromatic N) is 3. The second-order valence-corrected chi connectivity index (χ2v) is 8.95. The van der Waals surface area contributed by atoms with Gasteiger partial charge in [-0.1, -0.05) is 19.9 Å². The summed E-state index contributed by atoms with van der Waals surface area (Å²) in [6.07, 6.45) is 7.23. The van der Waals surface area contributed by atoms with Gasteiger partial charge in [0.1, 0.15) is 40.2 Å². The summed E-state index contributed by atoms with van der Waals surface area (Å²) in [5.41, 5.74) is 8.91. The molecule has 1 aliphatic rings. The van der Waals surface area contributed by atoms with E-state index in [1.165, 1.54) is 18.6 Å². The first-order chi connectivity index (χ1) is 15.5. The Bertz CT molecular complexity index is 1250. The minimum absolute atomic E-state index is 0.328. The number of aromatic nitrogens is 3. The molecule has 164 valence electrons. The van der Waals surface area contributed by atoms with Gasteiger partial charge in [0.15, 0.2) is 0 Å². The number of halogens is 1. The van der Waals surface area contributed by atoms with Crippen molar-refractivity contribution in [1.82, 2.24) is 14.4 Å². The molecule has 0 radical (unpaired) electrons. The van der Waals surface area contributed by atoms with Crippen LogP contribution in [0.25, 0.3) is 16.8 Å². The van der Waals surface area contributed by atoms with E-state index in [9.17, 15) is 4.39 Å². The van der Waals surface area contributed by atoms with E-state index in [1.807, 2.05) is 30.5 Å². The zero-order valence-corrected chi connectivity index (χ0v) is 18.3. The lowest BCUT2D eigenvalue weighted by molar-refractivity contribution is 0.390. The van der Waals surface area contributed by atoms with Crippen LogP contribution in [0.5, 0.6) is 11.5 Å². The molecule has 4 aromatic rings. The molecule has 2 N–H and O–H groups in total. The number of imidazole rings is 1. The van der Waals surface area contributed by atoms with Gasteiger partial charge in [0, 0.05) is 29.9 Å². The van der Waals surface area contributed by atoms with Crippen LogP contribution in [-0.4, -0.2) is 14.4 Å². The van der Waals surface area contributed by atoms with Crippen LogP contribution in [0.4, 0.5) is 10.2 Å². The molecule has 0 aliphatic heterocycles. The van der Waals surface area contributed by atoms with E-state index in [4.69, 9.17) is 15.5 Å². The van der Waals surface area contributed by atoms with E-state index in [1.54, 1.807) is 18.3 Å². The third-order valence-electron chi connectivity index (χ3n) is 6.55. The zero-order chi connectivity index (χ0) is 22.2. The highest BCUT2D eigenvalue weighted by Crippen LogP contribution is 2.43. The first-order valence-electron chi connectivity index (χ1n) is 11.2. The van der Waals surface area contributed by atoms with Crippen molar-refractivity contribution in [2.75, 3.05) is 5.73 Å². The van der Waals surface area contributed by atoms with Crippen LogP contribution in [0.1, 0.15) is 44.9 Å². The predicted molar refractivity (Wildman–Crippen MR) is 124 cm³/mol. The molecule has 2 aromatic heterocycles. The Morgan fingerprint density at radius 3 is 2.62 bits per heavy atom. The largest absolute Gasteiger partial charge is 0.457 e. The number of nitrogens with two attached hydrogens (primary N) is 1. The Morgan fingerprint density at radius 1 is 1.09 bits per heavy atom. The average molecular weight is 431 g/mol. The molecule has 2 atom stereocenters. The summed E-state index contributed by atoms with van der Waals surface area (Å²) in [5.74, 6) is 4.13. The monoisotopic (exact) mass is 430 g/mol. The third-order valence-corrected chi connectivity index (χ3v) is 6.55. The highest BCUT2D eigenvalue weighted by molar-refractivity contribution is 5.85. The molecular weight excluding hydrogens is 403 g/mol. The van der Waals surface area contributed by atoms with Gasteiger partial charge in [-0.25, -0.2) is 14.4 Å². The Kier molecular flexibility index (Phi) is 5.29. The molecule has 0 bridgehead atoms. The van der Waals surface area contributed by atoms with Gasteiger partial charge >= 0.3 is 0 Å². The second kappa shape index (κ2) is 8.26. The van der Waals surface area contributed by atoms with Gasteiger partial charge in [-0.05, 0) is 67.5 Å². The van der Waals surface area contributed by atoms with Crippen LogP contribution in [0.3, 0.4) is 0 Å². The smallest absolute Gasteiger partial charge is 0.150 e. The molecule has 0 amide bonds. The van der Waals surface area contributed by atoms with Crippen molar-refractivity contribution >= 4 is 11.3 Å². The van der Waals surface area contributed by atoms with Gasteiger partial charge in [0.05, 0.1) is 0 Å². The maximum atomic E-state index is 13.4. The molecular formula is C26H27FN4O. The molecule has 2 aromatic carbocycles. The fourth-order valence-electron chi connectivity index (χ4n) is 4.78. The zero-order valence-electron chi connectivity index (χ0n) is 18.3. The van der Waals surface area contributed by atoms with Crippen molar-refractivity contribution in [1.29, 1.82) is 0 Å². The highest BCUT2D eigenvalue weighted by atomic mass is 19.1. The van der Waals surface area contributed by atoms with Crippen LogP contribution >= 0.6 is 0 Å². The number of hydrogen-bond acceptors (Lipinski definition) is 4. The summed E-state index contributed by atoms with van der Waals surface area (Å²) in [4.78, 5) is 9.39. The lowest BCUT2D eigenvalue weighted by atomic mass is 9.93. The second-order valence-electron chi connectivity index (χ2n) is 8.95. The first kappa shape index (κ1) is 20.5. The standard InChI is InChI=1S/C26H27FN4O/c1-16(2)18-6-7-19(14-18)26-30-23(24-25(28)29-12-13-31(24)26)17-8-10-21(11-9-17)32-22-5-3-4-20(27)15-22/h3-5,8-13,15-16,18-19H,6-7,14H2,1-2H3,(H2,28,29). The van der Waals surface area contributed by atoms with E-state index in [2.05, 4.69) is 23.2 Å². The first-order valence-corrected chi connectivity index (χ1v) is 11.2. The number of rotatable bonds is 5. The van der Waals surface area contributed by atoms with Crippen LogP contribution in [0.15, 0.2) is 60.9 Å². The summed E-state index contributed by atoms with van der Waals surface area (Å²) in [5, 5.41) is 0. The average Bonchev–Trinajstić information content (AvgIpc) is 3.40. The topological polar surface area (TPSA) is 65.4 Å². The van der Waals surface area contributed by atoms with E-state index in [0.717, 1.165) is 41.4 Å². The van der Waals surface area contributed by atoms with Gasteiger partial charge < -0.3 is 10.5 Å². The van der Waals surface area contributed by atoms with E-state index >= 15 is 0 Å². The number of ether oxygens (including phenoxy) is 1. The number of nitrogen functional groups attached to an aromatic ring is 1. The predicted octanol–water partition coefficient (Wildman–Crippen LogP) is 6.45. The molecule has 5 nitrogen and oxygen atoms in total. The molecule has 32 heavy (non-hydrogen) atoms. The third kappa shape index (κ3) is 3.81. The molecule has 6 heteroatoms. The van der Waals surface area contributed by atoms with Gasteiger partial charge in [-0.15, -0.1) is 0 Å². The Morgan fingerprint density at radius 2 is 1.91 bits per heavy atom. The van der Waals surface area contributed by atoms with Crippen molar-refractivity contribution in [3.05, 3.63) is 72.6 Å². The molecule has 1 saturated carbocycles. The summed E-state index contributed by atoms with van der Waals surface area (Å²) >= 11 is 0. The van der Waals surface area contributed by atoms with Gasteiger partial charge in [-0.3, -0.25) is 4.40 Å². The maximum Gasteiger partial charge on any atom is 0.150 e. The van der Waals surface area contributed by atoms with E-state index in [-0.39, 0.29) is 5.82 Å². The number of benzene rings is 2. The lowest BCUT2D eigenvalue weighted by Gasteiger charge is -2.14. The summed E-state index contributed by atoms with van der Waals surface area (Å²) < 4.78 is 21.3. The van der Waals surface area contributed by atoms with Crippen molar-refractivity contribution in [2.24, 2.45) is 11.8 Å². The molecule has 1 fully saturated rings. The van der Waals surface area contributed by atoms with Crippen molar-refractivity contribution < 1.29 is 9.13 Å². The summed E-state index contributed by atoms with van der Waals surface area (Å²) in [7, 11) is 0. The molecule has 2 unspecified atom stereocenters. The fraction of sp³-hybridized carbons (Fsp3) is 0.308.